The molecule has 0 saturated heterocycles. The summed E-state index contributed by atoms with van der Waals surface area (Å²) in [5, 5.41) is 6.09. The minimum absolute atomic E-state index is 0.242. The average Bonchev–Trinajstić information content (AvgIpc) is 2.81. The van der Waals surface area contributed by atoms with Gasteiger partial charge in [0.1, 0.15) is 5.69 Å². The molecule has 0 unspecified atom stereocenters. The molecule has 0 bridgehead atoms. The molecule has 1 aromatic carbocycles. The van der Waals surface area contributed by atoms with Crippen LogP contribution >= 0.6 is 0 Å². The summed E-state index contributed by atoms with van der Waals surface area (Å²) in [5.74, 6) is -0.151. The molecule has 76 valence electrons. The quantitative estimate of drug-likeness (QED) is 0.608. The fourth-order valence-corrected chi connectivity index (χ4v) is 0.976. The van der Waals surface area contributed by atoms with Crippen LogP contribution in [0, 0.1) is 0 Å². The third-order valence-corrected chi connectivity index (χ3v) is 1.68. The predicted molar refractivity (Wildman–Crippen MR) is 51.1 cm³/mol. The highest BCUT2D eigenvalue weighted by Crippen LogP contribution is 2.09. The maximum Gasteiger partial charge on any atom is 0.403 e. The molecule has 0 fully saturated rings. The summed E-state index contributed by atoms with van der Waals surface area (Å²) in [7, 11) is 0. The highest BCUT2D eigenvalue weighted by atomic mass is 17.2. The van der Waals surface area contributed by atoms with E-state index in [1.54, 1.807) is 24.3 Å². The Hall–Kier alpha value is -2.30. The number of nitrogens with one attached hydrogen (secondary N) is 1. The van der Waals surface area contributed by atoms with Crippen LogP contribution in [0.15, 0.2) is 42.6 Å². The molecule has 15 heavy (non-hydrogen) atoms. The number of hydrogen-bond donors (Lipinski definition) is 1. The van der Waals surface area contributed by atoms with Crippen LogP contribution in [-0.4, -0.2) is 16.2 Å². The number of para-hydroxylation sites is 1. The standard InChI is InChI=1S/C10H8N2O3/c13-10(9-6-7-11-12-9)15-14-8-4-2-1-3-5-8/h1-7H,(H,11,12). The first-order valence-corrected chi connectivity index (χ1v) is 4.29. The molecule has 1 heterocycles. The molecule has 0 amide bonds. The summed E-state index contributed by atoms with van der Waals surface area (Å²) in [6.45, 7) is 0. The van der Waals surface area contributed by atoms with E-state index in [4.69, 9.17) is 4.89 Å². The van der Waals surface area contributed by atoms with Gasteiger partial charge < -0.3 is 0 Å². The number of rotatable bonds is 3. The second kappa shape index (κ2) is 4.28. The van der Waals surface area contributed by atoms with Crippen molar-refractivity contribution in [1.82, 2.24) is 10.2 Å². The fourth-order valence-electron chi connectivity index (χ4n) is 0.976. The van der Waals surface area contributed by atoms with Crippen LogP contribution in [0.3, 0.4) is 0 Å². The lowest BCUT2D eigenvalue weighted by molar-refractivity contribution is -0.149. The largest absolute Gasteiger partial charge is 0.403 e. The number of aromatic nitrogens is 2. The summed E-state index contributed by atoms with van der Waals surface area (Å²) in [5.41, 5.74) is 0.242. The summed E-state index contributed by atoms with van der Waals surface area (Å²) in [6, 6.07) is 10.2. The molecule has 0 radical (unpaired) electrons. The van der Waals surface area contributed by atoms with Crippen LogP contribution in [0.4, 0.5) is 0 Å². The lowest BCUT2D eigenvalue weighted by atomic mass is 10.3. The highest BCUT2D eigenvalue weighted by molar-refractivity contribution is 5.86. The first-order valence-electron chi connectivity index (χ1n) is 4.29. The molecular weight excluding hydrogens is 196 g/mol. The predicted octanol–water partition coefficient (Wildman–Crippen LogP) is 1.56. The number of hydrogen-bond acceptors (Lipinski definition) is 4. The minimum Gasteiger partial charge on any atom is -0.287 e. The molecule has 1 N–H and O–H groups in total. The third-order valence-electron chi connectivity index (χ3n) is 1.68. The van der Waals surface area contributed by atoms with Crippen LogP contribution in [0.25, 0.3) is 0 Å². The number of nitrogens with zero attached hydrogens (tertiary/aromatic N) is 1. The molecule has 5 heteroatoms. The Balaban J connectivity index is 1.92. The van der Waals surface area contributed by atoms with Gasteiger partial charge in [0, 0.05) is 6.20 Å². The molecular formula is C10H8N2O3. The molecule has 1 aromatic heterocycles. The van der Waals surface area contributed by atoms with Gasteiger partial charge in [0.2, 0.25) is 0 Å². The van der Waals surface area contributed by atoms with Gasteiger partial charge in [0.15, 0.2) is 5.75 Å². The van der Waals surface area contributed by atoms with Crippen molar-refractivity contribution in [3.05, 3.63) is 48.3 Å². The number of carbonyl (C=O) groups is 1. The third kappa shape index (κ3) is 2.34. The Morgan fingerprint density at radius 3 is 2.67 bits per heavy atom. The molecule has 2 aromatic rings. The summed E-state index contributed by atoms with van der Waals surface area (Å²) < 4.78 is 0. The molecule has 0 saturated carbocycles. The van der Waals surface area contributed by atoms with Crippen LogP contribution < -0.4 is 4.89 Å². The van der Waals surface area contributed by atoms with E-state index in [9.17, 15) is 4.79 Å². The van der Waals surface area contributed by atoms with Crippen molar-refractivity contribution in [2.24, 2.45) is 0 Å². The van der Waals surface area contributed by atoms with Crippen LogP contribution in [0.2, 0.25) is 0 Å². The highest BCUT2D eigenvalue weighted by Gasteiger charge is 2.09. The molecule has 5 nitrogen and oxygen atoms in total. The lowest BCUT2D eigenvalue weighted by Crippen LogP contribution is -2.08. The van der Waals surface area contributed by atoms with Gasteiger partial charge in [0.05, 0.1) is 0 Å². The average molecular weight is 204 g/mol. The monoisotopic (exact) mass is 204 g/mol. The van der Waals surface area contributed by atoms with E-state index in [1.807, 2.05) is 6.07 Å². The zero-order valence-electron chi connectivity index (χ0n) is 7.71. The molecule has 0 spiro atoms. The number of aromatic amines is 1. The van der Waals surface area contributed by atoms with Crippen molar-refractivity contribution in [3.8, 4) is 5.75 Å². The summed E-state index contributed by atoms with van der Waals surface area (Å²) in [4.78, 5) is 20.6. The van der Waals surface area contributed by atoms with Gasteiger partial charge in [0.25, 0.3) is 0 Å². The smallest absolute Gasteiger partial charge is 0.287 e. The topological polar surface area (TPSA) is 64.2 Å². The molecule has 0 aliphatic heterocycles. The van der Waals surface area contributed by atoms with Gasteiger partial charge >= 0.3 is 5.97 Å². The van der Waals surface area contributed by atoms with Crippen molar-refractivity contribution in [1.29, 1.82) is 0 Å². The molecule has 0 aliphatic carbocycles. The van der Waals surface area contributed by atoms with Gasteiger partial charge in [-0.1, -0.05) is 18.2 Å². The Morgan fingerprint density at radius 2 is 2.00 bits per heavy atom. The van der Waals surface area contributed by atoms with Gasteiger partial charge in [-0.25, -0.2) is 9.68 Å². The zero-order chi connectivity index (χ0) is 10.5. The summed E-state index contributed by atoms with van der Waals surface area (Å²) >= 11 is 0. The molecule has 0 aliphatic rings. The summed E-state index contributed by atoms with van der Waals surface area (Å²) in [6.07, 6.45) is 1.46. The van der Waals surface area contributed by atoms with E-state index in [-0.39, 0.29) is 5.69 Å². The Kier molecular flexibility index (Phi) is 2.64. The Labute approximate surface area is 85.6 Å². The van der Waals surface area contributed by atoms with Gasteiger partial charge in [-0.05, 0) is 18.2 Å². The fraction of sp³-hybridized carbons (Fsp3) is 0. The number of benzene rings is 1. The lowest BCUT2D eigenvalue weighted by Gasteiger charge is -2.01. The van der Waals surface area contributed by atoms with Gasteiger partial charge in [-0.3, -0.25) is 9.99 Å². The van der Waals surface area contributed by atoms with E-state index in [1.165, 1.54) is 12.3 Å². The van der Waals surface area contributed by atoms with Gasteiger partial charge in [-0.2, -0.15) is 5.10 Å². The number of H-pyrrole nitrogens is 1. The minimum atomic E-state index is -0.614. The van der Waals surface area contributed by atoms with Crippen molar-refractivity contribution < 1.29 is 14.6 Å². The van der Waals surface area contributed by atoms with Crippen LogP contribution in [-0.2, 0) is 4.89 Å². The second-order valence-corrected chi connectivity index (χ2v) is 2.74. The van der Waals surface area contributed by atoms with Crippen molar-refractivity contribution in [2.75, 3.05) is 0 Å². The van der Waals surface area contributed by atoms with Crippen LogP contribution in [0.1, 0.15) is 10.5 Å². The first-order chi connectivity index (χ1) is 7.36. The Morgan fingerprint density at radius 1 is 1.20 bits per heavy atom. The molecule has 2 rings (SSSR count). The van der Waals surface area contributed by atoms with E-state index in [0.29, 0.717) is 5.75 Å². The number of carbonyl (C=O) groups excluding carboxylic acids is 1. The maximum atomic E-state index is 11.3. The van der Waals surface area contributed by atoms with Crippen molar-refractivity contribution >= 4 is 5.97 Å². The van der Waals surface area contributed by atoms with Crippen molar-refractivity contribution in [2.45, 2.75) is 0 Å². The Bertz CT molecular complexity index is 425. The van der Waals surface area contributed by atoms with E-state index in [0.717, 1.165) is 0 Å². The van der Waals surface area contributed by atoms with Gasteiger partial charge in [-0.15, -0.1) is 0 Å². The molecule has 0 atom stereocenters. The SMILES string of the molecule is O=C(OOc1ccccc1)c1ccn[nH]1. The maximum absolute atomic E-state index is 11.3. The first kappa shape index (κ1) is 9.26. The van der Waals surface area contributed by atoms with E-state index >= 15 is 0 Å². The normalized spacial score (nSPS) is 9.60. The van der Waals surface area contributed by atoms with Crippen molar-refractivity contribution in [3.63, 3.8) is 0 Å². The zero-order valence-corrected chi connectivity index (χ0v) is 7.71. The second-order valence-electron chi connectivity index (χ2n) is 2.74. The van der Waals surface area contributed by atoms with E-state index < -0.39 is 5.97 Å². The van der Waals surface area contributed by atoms with Crippen LogP contribution in [0.5, 0.6) is 5.75 Å². The van der Waals surface area contributed by atoms with E-state index in [2.05, 4.69) is 15.1 Å².